The number of aryl methyl sites for hydroxylation is 1. The zero-order chi connectivity index (χ0) is 15.4. The summed E-state index contributed by atoms with van der Waals surface area (Å²) >= 11 is 0. The van der Waals surface area contributed by atoms with Gasteiger partial charge in [0.15, 0.2) is 0 Å². The number of ether oxygens (including phenoxy) is 1. The quantitative estimate of drug-likeness (QED) is 0.863. The summed E-state index contributed by atoms with van der Waals surface area (Å²) in [6.07, 6.45) is 0. The molecule has 5 nitrogen and oxygen atoms in total. The minimum atomic E-state index is -0.391. The molecule has 1 aromatic heterocycles. The second-order valence-electron chi connectivity index (χ2n) is 5.21. The molecule has 0 radical (unpaired) electrons. The van der Waals surface area contributed by atoms with Gasteiger partial charge in [-0.15, -0.1) is 0 Å². The minimum Gasteiger partial charge on any atom is -0.493 e. The van der Waals surface area contributed by atoms with Gasteiger partial charge in [0.25, 0.3) is 5.56 Å². The van der Waals surface area contributed by atoms with Crippen LogP contribution in [0.1, 0.15) is 19.4 Å². The number of aromatic nitrogens is 2. The number of nitrogens with zero attached hydrogens (tertiary/aromatic N) is 3. The van der Waals surface area contributed by atoms with Crippen molar-refractivity contribution in [2.75, 3.05) is 6.61 Å². The summed E-state index contributed by atoms with van der Waals surface area (Å²) in [6.45, 7) is 4.84. The molecule has 2 aromatic rings. The Morgan fingerprint density at radius 2 is 2.00 bits per heavy atom. The number of hydrogen-bond acceptors (Lipinski definition) is 4. The highest BCUT2D eigenvalue weighted by Crippen LogP contribution is 2.20. The summed E-state index contributed by atoms with van der Waals surface area (Å²) in [6, 6.07) is 10.8. The van der Waals surface area contributed by atoms with Crippen LogP contribution in [0.3, 0.4) is 0 Å². The molecule has 2 rings (SSSR count). The van der Waals surface area contributed by atoms with E-state index in [4.69, 9.17) is 10.00 Å². The van der Waals surface area contributed by atoms with Crippen molar-refractivity contribution in [3.05, 3.63) is 46.2 Å². The Kier molecular flexibility index (Phi) is 4.39. The van der Waals surface area contributed by atoms with Crippen LogP contribution in [-0.2, 0) is 7.05 Å². The topological polar surface area (TPSA) is 67.9 Å². The third-order valence-corrected chi connectivity index (χ3v) is 2.92. The Morgan fingerprint density at radius 1 is 1.33 bits per heavy atom. The maximum Gasteiger partial charge on any atom is 0.284 e. The Hall–Kier alpha value is -2.61. The molecule has 0 saturated carbocycles. The highest BCUT2D eigenvalue weighted by atomic mass is 16.5. The maximum absolute atomic E-state index is 11.6. The van der Waals surface area contributed by atoms with E-state index in [1.807, 2.05) is 30.3 Å². The standard InChI is InChI=1S/C16H17N3O2/c1-11(2)10-21-14-6-4-12(5-7-14)15-8-13(9-17)16(20)19(3)18-15/h4-8,11H,10H2,1-3H3. The molecule has 1 heterocycles. The number of hydrogen-bond donors (Lipinski definition) is 0. The highest BCUT2D eigenvalue weighted by Gasteiger charge is 2.07. The van der Waals surface area contributed by atoms with Crippen LogP contribution in [0.4, 0.5) is 0 Å². The van der Waals surface area contributed by atoms with Crippen molar-refractivity contribution in [1.29, 1.82) is 5.26 Å². The largest absolute Gasteiger partial charge is 0.493 e. The van der Waals surface area contributed by atoms with E-state index in [0.717, 1.165) is 11.3 Å². The molecular formula is C16H17N3O2. The lowest BCUT2D eigenvalue weighted by Gasteiger charge is -2.09. The summed E-state index contributed by atoms with van der Waals surface area (Å²) < 4.78 is 6.80. The third-order valence-electron chi connectivity index (χ3n) is 2.92. The number of nitriles is 1. The van der Waals surface area contributed by atoms with Crippen LogP contribution >= 0.6 is 0 Å². The van der Waals surface area contributed by atoms with E-state index < -0.39 is 5.56 Å². The fraction of sp³-hybridized carbons (Fsp3) is 0.312. The molecule has 21 heavy (non-hydrogen) atoms. The summed E-state index contributed by atoms with van der Waals surface area (Å²) in [4.78, 5) is 11.6. The van der Waals surface area contributed by atoms with Crippen molar-refractivity contribution in [3.63, 3.8) is 0 Å². The van der Waals surface area contributed by atoms with Crippen molar-refractivity contribution in [2.45, 2.75) is 13.8 Å². The zero-order valence-electron chi connectivity index (χ0n) is 12.3. The molecule has 5 heteroatoms. The first-order valence-electron chi connectivity index (χ1n) is 6.73. The van der Waals surface area contributed by atoms with Gasteiger partial charge in [-0.3, -0.25) is 4.79 Å². The molecule has 0 atom stereocenters. The molecule has 0 aliphatic carbocycles. The van der Waals surface area contributed by atoms with E-state index in [1.165, 1.54) is 17.8 Å². The lowest BCUT2D eigenvalue weighted by molar-refractivity contribution is 0.271. The molecule has 0 bridgehead atoms. The average molecular weight is 283 g/mol. The van der Waals surface area contributed by atoms with Gasteiger partial charge in [-0.05, 0) is 36.2 Å². The SMILES string of the molecule is CC(C)COc1ccc(-c2cc(C#N)c(=O)n(C)n2)cc1. The molecule has 0 fully saturated rings. The smallest absolute Gasteiger partial charge is 0.284 e. The first-order valence-corrected chi connectivity index (χ1v) is 6.73. The van der Waals surface area contributed by atoms with Crippen LogP contribution in [-0.4, -0.2) is 16.4 Å². The summed E-state index contributed by atoms with van der Waals surface area (Å²) in [7, 11) is 1.53. The fourth-order valence-corrected chi connectivity index (χ4v) is 1.81. The molecule has 0 amide bonds. The Balaban J connectivity index is 2.29. The Morgan fingerprint density at radius 3 is 2.57 bits per heavy atom. The van der Waals surface area contributed by atoms with Crippen molar-refractivity contribution in [1.82, 2.24) is 9.78 Å². The molecular weight excluding hydrogens is 266 g/mol. The van der Waals surface area contributed by atoms with Gasteiger partial charge in [0.05, 0.1) is 12.3 Å². The molecule has 0 N–H and O–H groups in total. The predicted octanol–water partition coefficient (Wildman–Crippen LogP) is 2.35. The molecule has 0 unspecified atom stereocenters. The van der Waals surface area contributed by atoms with Gasteiger partial charge in [0.2, 0.25) is 0 Å². The van der Waals surface area contributed by atoms with Crippen LogP contribution in [0.25, 0.3) is 11.3 Å². The van der Waals surface area contributed by atoms with Gasteiger partial charge >= 0.3 is 0 Å². The van der Waals surface area contributed by atoms with Crippen LogP contribution in [0.2, 0.25) is 0 Å². The third kappa shape index (κ3) is 3.48. The fourth-order valence-electron chi connectivity index (χ4n) is 1.81. The van der Waals surface area contributed by atoms with E-state index >= 15 is 0 Å². The number of rotatable bonds is 4. The minimum absolute atomic E-state index is 0.0858. The van der Waals surface area contributed by atoms with Gasteiger partial charge in [-0.25, -0.2) is 4.68 Å². The van der Waals surface area contributed by atoms with Gasteiger partial charge in [0.1, 0.15) is 17.4 Å². The van der Waals surface area contributed by atoms with Crippen molar-refractivity contribution < 1.29 is 4.74 Å². The lowest BCUT2D eigenvalue weighted by atomic mass is 10.1. The molecule has 1 aromatic carbocycles. The van der Waals surface area contributed by atoms with Gasteiger partial charge in [0, 0.05) is 12.6 Å². The van der Waals surface area contributed by atoms with Crippen molar-refractivity contribution in [3.8, 4) is 23.1 Å². The van der Waals surface area contributed by atoms with Crippen LogP contribution in [0.5, 0.6) is 5.75 Å². The van der Waals surface area contributed by atoms with Gasteiger partial charge < -0.3 is 4.74 Å². The van der Waals surface area contributed by atoms with E-state index in [2.05, 4.69) is 18.9 Å². The van der Waals surface area contributed by atoms with Crippen LogP contribution < -0.4 is 10.3 Å². The second kappa shape index (κ2) is 6.23. The van der Waals surface area contributed by atoms with Gasteiger partial charge in [-0.1, -0.05) is 13.8 Å². The van der Waals surface area contributed by atoms with Crippen LogP contribution in [0.15, 0.2) is 35.1 Å². The van der Waals surface area contributed by atoms with Gasteiger partial charge in [-0.2, -0.15) is 10.4 Å². The Bertz CT molecular complexity index is 725. The van der Waals surface area contributed by atoms with E-state index in [0.29, 0.717) is 18.2 Å². The van der Waals surface area contributed by atoms with E-state index in [1.54, 1.807) is 0 Å². The molecule has 0 saturated heterocycles. The number of benzene rings is 1. The molecule has 0 aliphatic rings. The average Bonchev–Trinajstić information content (AvgIpc) is 2.48. The second-order valence-corrected chi connectivity index (χ2v) is 5.21. The highest BCUT2D eigenvalue weighted by molar-refractivity contribution is 5.61. The first kappa shape index (κ1) is 14.8. The maximum atomic E-state index is 11.6. The lowest BCUT2D eigenvalue weighted by Crippen LogP contribution is -2.22. The monoisotopic (exact) mass is 283 g/mol. The zero-order valence-corrected chi connectivity index (χ0v) is 12.3. The first-order chi connectivity index (χ1) is 10.0. The molecule has 0 aliphatic heterocycles. The molecule has 108 valence electrons. The van der Waals surface area contributed by atoms with Crippen LogP contribution in [0, 0.1) is 17.2 Å². The van der Waals surface area contributed by atoms with Crippen molar-refractivity contribution in [2.24, 2.45) is 13.0 Å². The van der Waals surface area contributed by atoms with E-state index in [9.17, 15) is 4.79 Å². The summed E-state index contributed by atoms with van der Waals surface area (Å²) in [5.74, 6) is 1.26. The Labute approximate surface area is 123 Å². The summed E-state index contributed by atoms with van der Waals surface area (Å²) in [5.41, 5.74) is 1.11. The summed E-state index contributed by atoms with van der Waals surface area (Å²) in [5, 5.41) is 13.1. The van der Waals surface area contributed by atoms with E-state index in [-0.39, 0.29) is 5.56 Å². The normalized spacial score (nSPS) is 10.4. The van der Waals surface area contributed by atoms with Crippen molar-refractivity contribution >= 4 is 0 Å². The molecule has 0 spiro atoms. The predicted molar refractivity (Wildman–Crippen MR) is 80.0 cm³/mol.